The summed E-state index contributed by atoms with van der Waals surface area (Å²) in [6.07, 6.45) is 13.9. The van der Waals surface area contributed by atoms with Crippen LogP contribution in [0.1, 0.15) is 46.5 Å². The van der Waals surface area contributed by atoms with Gasteiger partial charge in [-0.1, -0.05) is 42.9 Å². The molecule has 0 aromatic heterocycles. The van der Waals surface area contributed by atoms with Crippen LogP contribution in [0.25, 0.3) is 0 Å². The first-order valence-electron chi connectivity index (χ1n) is 10.8. The van der Waals surface area contributed by atoms with Gasteiger partial charge >= 0.3 is 0 Å². The van der Waals surface area contributed by atoms with Crippen LogP contribution in [0.15, 0.2) is 52.7 Å². The molecule has 2 heterocycles. The highest BCUT2D eigenvalue weighted by Gasteiger charge is 2.35. The lowest BCUT2D eigenvalue weighted by molar-refractivity contribution is 0.281. The Bertz CT molecular complexity index is 657. The number of fused-ring (bicyclic) bond motifs is 1. The van der Waals surface area contributed by atoms with Gasteiger partial charge in [0, 0.05) is 43.9 Å². The first kappa shape index (κ1) is 20.1. The number of nitrogens with zero attached hydrogens (tertiary/aromatic N) is 3. The largest absolute Gasteiger partial charge is 0.357 e. The Morgan fingerprint density at radius 3 is 2.67 bits per heavy atom. The SMILES string of the molecule is C=CN=C1C(=C2CCN(C)CC2)C2C=C(C)C=CC(C)C2CCCN1CC. The van der Waals surface area contributed by atoms with E-state index in [1.54, 1.807) is 11.8 Å². The summed E-state index contributed by atoms with van der Waals surface area (Å²) in [6, 6.07) is 0. The zero-order chi connectivity index (χ0) is 19.4. The smallest absolute Gasteiger partial charge is 0.132 e. The van der Waals surface area contributed by atoms with Crippen molar-refractivity contribution < 1.29 is 0 Å². The maximum Gasteiger partial charge on any atom is 0.132 e. The second-order valence-electron chi connectivity index (χ2n) is 8.50. The molecular weight excluding hydrogens is 330 g/mol. The first-order valence-corrected chi connectivity index (χ1v) is 10.8. The lowest BCUT2D eigenvalue weighted by atomic mass is 9.72. The quantitative estimate of drug-likeness (QED) is 0.680. The van der Waals surface area contributed by atoms with E-state index in [1.165, 1.54) is 29.8 Å². The predicted molar refractivity (Wildman–Crippen MR) is 117 cm³/mol. The first-order chi connectivity index (χ1) is 13.0. The van der Waals surface area contributed by atoms with Gasteiger partial charge in [-0.25, -0.2) is 4.99 Å². The van der Waals surface area contributed by atoms with Crippen molar-refractivity contribution in [2.45, 2.75) is 46.5 Å². The van der Waals surface area contributed by atoms with Gasteiger partial charge in [0.05, 0.1) is 0 Å². The average molecular weight is 368 g/mol. The second kappa shape index (κ2) is 9.05. The van der Waals surface area contributed by atoms with Gasteiger partial charge in [-0.15, -0.1) is 0 Å². The van der Waals surface area contributed by atoms with E-state index in [1.807, 2.05) is 0 Å². The molecule has 0 spiro atoms. The third kappa shape index (κ3) is 4.45. The summed E-state index contributed by atoms with van der Waals surface area (Å²) in [7, 11) is 2.24. The Morgan fingerprint density at radius 2 is 2.00 bits per heavy atom. The summed E-state index contributed by atoms with van der Waals surface area (Å²) in [4.78, 5) is 9.81. The van der Waals surface area contributed by atoms with Gasteiger partial charge in [0.15, 0.2) is 0 Å². The second-order valence-corrected chi connectivity index (χ2v) is 8.50. The molecule has 3 heteroatoms. The van der Waals surface area contributed by atoms with E-state index in [-0.39, 0.29) is 0 Å². The maximum atomic E-state index is 4.87. The summed E-state index contributed by atoms with van der Waals surface area (Å²) < 4.78 is 0. The number of aliphatic imine (C=N–C) groups is 1. The number of allylic oxidation sites excluding steroid dienone is 4. The van der Waals surface area contributed by atoms with E-state index in [4.69, 9.17) is 4.99 Å². The number of likely N-dealkylation sites (N-methyl/N-ethyl adjacent to an activating group) is 1. The van der Waals surface area contributed by atoms with Crippen molar-refractivity contribution in [2.24, 2.45) is 22.7 Å². The molecule has 2 aliphatic heterocycles. The molecule has 1 aliphatic carbocycles. The van der Waals surface area contributed by atoms with Gasteiger partial charge < -0.3 is 9.80 Å². The van der Waals surface area contributed by atoms with Crippen LogP contribution < -0.4 is 0 Å². The molecule has 0 N–H and O–H groups in total. The van der Waals surface area contributed by atoms with E-state index >= 15 is 0 Å². The maximum absolute atomic E-state index is 4.87. The standard InChI is InChI=1S/C24H37N3/c1-6-25-24-23(20-12-15-26(5)16-13-20)22-17-18(3)10-11-19(4)21(22)9-8-14-27(24)7-2/h6,10-11,17,19,21-22H,1,7-9,12-16H2,2-5H3. The van der Waals surface area contributed by atoms with Crippen LogP contribution in [-0.2, 0) is 0 Å². The summed E-state index contributed by atoms with van der Waals surface area (Å²) >= 11 is 0. The van der Waals surface area contributed by atoms with Crippen LogP contribution in [0.4, 0.5) is 0 Å². The zero-order valence-electron chi connectivity index (χ0n) is 17.7. The number of amidine groups is 1. The molecule has 3 unspecified atom stereocenters. The van der Waals surface area contributed by atoms with Gasteiger partial charge in [-0.05, 0) is 58.4 Å². The molecule has 0 aromatic carbocycles. The highest BCUT2D eigenvalue weighted by molar-refractivity contribution is 6.00. The Morgan fingerprint density at radius 1 is 1.26 bits per heavy atom. The molecule has 3 aliphatic rings. The minimum Gasteiger partial charge on any atom is -0.357 e. The number of piperidine rings is 1. The Hall–Kier alpha value is -1.61. The molecule has 0 radical (unpaired) electrons. The molecule has 2 fully saturated rings. The van der Waals surface area contributed by atoms with E-state index in [0.717, 1.165) is 39.0 Å². The number of likely N-dealkylation sites (tertiary alicyclic amines) is 2. The third-order valence-corrected chi connectivity index (χ3v) is 6.65. The molecule has 0 bridgehead atoms. The van der Waals surface area contributed by atoms with Crippen molar-refractivity contribution in [1.82, 2.24) is 9.80 Å². The van der Waals surface area contributed by atoms with Crippen molar-refractivity contribution in [3.8, 4) is 0 Å². The molecular formula is C24H37N3. The lowest BCUT2D eigenvalue weighted by Crippen LogP contribution is -2.41. The fourth-order valence-electron chi connectivity index (χ4n) is 5.02. The van der Waals surface area contributed by atoms with Crippen molar-refractivity contribution in [2.75, 3.05) is 33.2 Å². The molecule has 0 saturated carbocycles. The lowest BCUT2D eigenvalue weighted by Gasteiger charge is -2.40. The number of hydrogen-bond acceptors (Lipinski definition) is 2. The molecule has 3 atom stereocenters. The third-order valence-electron chi connectivity index (χ3n) is 6.65. The topological polar surface area (TPSA) is 18.8 Å². The molecule has 0 amide bonds. The fraction of sp³-hybridized carbons (Fsp3) is 0.625. The van der Waals surface area contributed by atoms with Gasteiger partial charge in [0.1, 0.15) is 5.84 Å². The van der Waals surface area contributed by atoms with Crippen LogP contribution in [0.5, 0.6) is 0 Å². The van der Waals surface area contributed by atoms with Gasteiger partial charge in [0.2, 0.25) is 0 Å². The molecule has 27 heavy (non-hydrogen) atoms. The van der Waals surface area contributed by atoms with Crippen molar-refractivity contribution >= 4 is 5.84 Å². The summed E-state index contributed by atoms with van der Waals surface area (Å²) in [5, 5.41) is 0. The number of rotatable bonds is 2. The van der Waals surface area contributed by atoms with E-state index < -0.39 is 0 Å². The van der Waals surface area contributed by atoms with Gasteiger partial charge in [-0.3, -0.25) is 0 Å². The summed E-state index contributed by atoms with van der Waals surface area (Å²) in [5.41, 5.74) is 4.54. The average Bonchev–Trinajstić information content (AvgIpc) is 2.78. The fourth-order valence-corrected chi connectivity index (χ4v) is 5.02. The van der Waals surface area contributed by atoms with Crippen LogP contribution in [0.2, 0.25) is 0 Å². The number of hydrogen-bond donors (Lipinski definition) is 0. The monoisotopic (exact) mass is 367 g/mol. The summed E-state index contributed by atoms with van der Waals surface area (Å²) in [6.45, 7) is 15.3. The minimum atomic E-state index is 0.460. The molecule has 0 aromatic rings. The van der Waals surface area contributed by atoms with Gasteiger partial charge in [0.25, 0.3) is 0 Å². The summed E-state index contributed by atoms with van der Waals surface area (Å²) in [5.74, 6) is 2.92. The molecule has 2 saturated heterocycles. The van der Waals surface area contributed by atoms with E-state index in [2.05, 4.69) is 62.4 Å². The van der Waals surface area contributed by atoms with Crippen LogP contribution >= 0.6 is 0 Å². The Labute approximate surface area is 166 Å². The van der Waals surface area contributed by atoms with Crippen LogP contribution in [0, 0.1) is 17.8 Å². The van der Waals surface area contributed by atoms with Crippen molar-refractivity contribution in [1.29, 1.82) is 0 Å². The predicted octanol–water partition coefficient (Wildman–Crippen LogP) is 5.05. The van der Waals surface area contributed by atoms with E-state index in [0.29, 0.717) is 17.8 Å². The minimum absolute atomic E-state index is 0.460. The van der Waals surface area contributed by atoms with Crippen molar-refractivity contribution in [3.63, 3.8) is 0 Å². The molecule has 3 nitrogen and oxygen atoms in total. The zero-order valence-corrected chi connectivity index (χ0v) is 17.7. The highest BCUT2D eigenvalue weighted by Crippen LogP contribution is 2.41. The normalized spacial score (nSPS) is 31.9. The van der Waals surface area contributed by atoms with Crippen molar-refractivity contribution in [3.05, 3.63) is 47.7 Å². The molecule has 3 rings (SSSR count). The highest BCUT2D eigenvalue weighted by atomic mass is 15.2. The van der Waals surface area contributed by atoms with E-state index in [9.17, 15) is 0 Å². The Balaban J connectivity index is 2.16. The van der Waals surface area contributed by atoms with Crippen LogP contribution in [0.3, 0.4) is 0 Å². The van der Waals surface area contributed by atoms with Crippen LogP contribution in [-0.4, -0.2) is 48.9 Å². The Kier molecular flexibility index (Phi) is 6.75. The molecule has 148 valence electrons. The van der Waals surface area contributed by atoms with Gasteiger partial charge in [-0.2, -0.15) is 0 Å².